The normalized spacial score (nSPS) is 11.5. The average molecular weight is 316 g/mol. The summed E-state index contributed by atoms with van der Waals surface area (Å²) in [5, 5.41) is 3.16. The highest BCUT2D eigenvalue weighted by Crippen LogP contribution is 2.20. The second-order valence-electron chi connectivity index (χ2n) is 4.52. The minimum atomic E-state index is -3.43. The summed E-state index contributed by atoms with van der Waals surface area (Å²) in [5.74, 6) is 1.07. The Morgan fingerprint density at radius 2 is 1.90 bits per heavy atom. The smallest absolute Gasteiger partial charge is 0.242 e. The summed E-state index contributed by atoms with van der Waals surface area (Å²) in [5.41, 5.74) is 0.672. The van der Waals surface area contributed by atoms with Crippen molar-refractivity contribution in [3.05, 3.63) is 24.3 Å². The minimum absolute atomic E-state index is 0.332. The number of sulfonamides is 1. The van der Waals surface area contributed by atoms with Gasteiger partial charge in [0.2, 0.25) is 10.0 Å². The highest BCUT2D eigenvalue weighted by atomic mass is 32.2. The third-order valence-electron chi connectivity index (χ3n) is 2.81. The molecule has 0 saturated heterocycles. The number of anilines is 1. The van der Waals surface area contributed by atoms with Gasteiger partial charge >= 0.3 is 0 Å². The van der Waals surface area contributed by atoms with Crippen LogP contribution in [-0.2, 0) is 10.0 Å². The molecule has 0 bridgehead atoms. The van der Waals surface area contributed by atoms with Gasteiger partial charge in [-0.25, -0.2) is 13.1 Å². The molecular formula is C14H24N2O2S2. The van der Waals surface area contributed by atoms with Crippen molar-refractivity contribution in [2.75, 3.05) is 30.4 Å². The number of nitrogens with one attached hydrogen (secondary N) is 2. The zero-order valence-corrected chi connectivity index (χ0v) is 13.8. The number of unbranched alkanes of at least 4 members (excludes halogenated alkanes) is 1. The van der Waals surface area contributed by atoms with Crippen molar-refractivity contribution in [2.24, 2.45) is 0 Å². The lowest BCUT2D eigenvalue weighted by atomic mass is 10.3. The topological polar surface area (TPSA) is 58.2 Å². The lowest BCUT2D eigenvalue weighted by Crippen LogP contribution is -2.25. The average Bonchev–Trinajstić information content (AvgIpc) is 2.45. The zero-order chi connectivity index (χ0) is 14.8. The number of thioether (sulfide) groups is 1. The van der Waals surface area contributed by atoms with Gasteiger partial charge in [-0.05, 0) is 43.4 Å². The van der Waals surface area contributed by atoms with Crippen molar-refractivity contribution in [3.63, 3.8) is 0 Å². The van der Waals surface area contributed by atoms with Crippen LogP contribution < -0.4 is 10.0 Å². The van der Waals surface area contributed by atoms with E-state index in [0.717, 1.165) is 31.6 Å². The summed E-state index contributed by atoms with van der Waals surface area (Å²) in [7, 11) is -3.43. The first-order valence-electron chi connectivity index (χ1n) is 6.93. The van der Waals surface area contributed by atoms with Gasteiger partial charge in [0, 0.05) is 13.1 Å². The van der Waals surface area contributed by atoms with E-state index >= 15 is 0 Å². The second kappa shape index (κ2) is 9.26. The van der Waals surface area contributed by atoms with Gasteiger partial charge in [0.25, 0.3) is 0 Å². The third-order valence-corrected chi connectivity index (χ3v) is 5.03. The predicted molar refractivity (Wildman–Crippen MR) is 88.0 cm³/mol. The number of benzene rings is 1. The Morgan fingerprint density at radius 3 is 2.60 bits per heavy atom. The molecule has 1 rings (SSSR count). The van der Waals surface area contributed by atoms with Crippen molar-refractivity contribution < 1.29 is 8.42 Å². The fraction of sp³-hybridized carbons (Fsp3) is 0.571. The van der Waals surface area contributed by atoms with Crippen molar-refractivity contribution in [1.29, 1.82) is 0 Å². The van der Waals surface area contributed by atoms with Crippen LogP contribution in [0.25, 0.3) is 0 Å². The van der Waals surface area contributed by atoms with Crippen LogP contribution in [0, 0.1) is 0 Å². The summed E-state index contributed by atoms with van der Waals surface area (Å²) < 4.78 is 27.3. The first-order chi connectivity index (χ1) is 9.61. The van der Waals surface area contributed by atoms with Crippen LogP contribution in [0.1, 0.15) is 26.2 Å². The molecule has 1 aromatic rings. The highest BCUT2D eigenvalue weighted by Gasteiger charge is 2.17. The van der Waals surface area contributed by atoms with Crippen molar-refractivity contribution in [3.8, 4) is 0 Å². The van der Waals surface area contributed by atoms with E-state index in [1.54, 1.807) is 30.0 Å². The Morgan fingerprint density at radius 1 is 1.15 bits per heavy atom. The van der Waals surface area contributed by atoms with Crippen LogP contribution in [0.2, 0.25) is 0 Å². The van der Waals surface area contributed by atoms with Gasteiger partial charge < -0.3 is 5.32 Å². The predicted octanol–water partition coefficient (Wildman–Crippen LogP) is 2.93. The molecule has 0 atom stereocenters. The third kappa shape index (κ3) is 5.73. The SMILES string of the molecule is CCCNc1ccccc1S(=O)(=O)NCCCCSC. The lowest BCUT2D eigenvalue weighted by molar-refractivity contribution is 0.579. The zero-order valence-electron chi connectivity index (χ0n) is 12.2. The molecule has 0 aliphatic rings. The van der Waals surface area contributed by atoms with Crippen LogP contribution in [0.5, 0.6) is 0 Å². The van der Waals surface area contributed by atoms with E-state index in [1.165, 1.54) is 0 Å². The highest BCUT2D eigenvalue weighted by molar-refractivity contribution is 7.98. The summed E-state index contributed by atoms with van der Waals surface area (Å²) in [6.45, 7) is 3.30. The van der Waals surface area contributed by atoms with Crippen LogP contribution in [0.15, 0.2) is 29.2 Å². The molecule has 0 unspecified atom stereocenters. The molecule has 1 aromatic carbocycles. The number of rotatable bonds is 10. The maximum Gasteiger partial charge on any atom is 0.242 e. The Balaban J connectivity index is 2.66. The van der Waals surface area contributed by atoms with Gasteiger partial charge in [0.15, 0.2) is 0 Å². The number of hydrogen-bond acceptors (Lipinski definition) is 4. The monoisotopic (exact) mass is 316 g/mol. The van der Waals surface area contributed by atoms with E-state index in [-0.39, 0.29) is 0 Å². The lowest BCUT2D eigenvalue weighted by Gasteiger charge is -2.12. The fourth-order valence-corrected chi connectivity index (χ4v) is 3.51. The molecule has 0 aliphatic heterocycles. The van der Waals surface area contributed by atoms with Gasteiger partial charge in [0.1, 0.15) is 4.90 Å². The molecule has 4 nitrogen and oxygen atoms in total. The van der Waals surface area contributed by atoms with E-state index in [9.17, 15) is 8.42 Å². The molecule has 0 saturated carbocycles. The van der Waals surface area contributed by atoms with Crippen LogP contribution >= 0.6 is 11.8 Å². The molecule has 0 aliphatic carbocycles. The van der Waals surface area contributed by atoms with Gasteiger partial charge in [-0.15, -0.1) is 0 Å². The van der Waals surface area contributed by atoms with Gasteiger partial charge in [-0.1, -0.05) is 19.1 Å². The molecule has 0 aromatic heterocycles. The molecule has 114 valence electrons. The maximum absolute atomic E-state index is 12.3. The first-order valence-corrected chi connectivity index (χ1v) is 9.81. The fourth-order valence-electron chi connectivity index (χ4n) is 1.76. The first kappa shape index (κ1) is 17.3. The molecule has 0 spiro atoms. The van der Waals surface area contributed by atoms with Gasteiger partial charge in [0.05, 0.1) is 5.69 Å². The minimum Gasteiger partial charge on any atom is -0.384 e. The summed E-state index contributed by atoms with van der Waals surface area (Å²) in [6, 6.07) is 7.04. The molecule has 0 fully saturated rings. The molecule has 2 N–H and O–H groups in total. The van der Waals surface area contributed by atoms with Crippen molar-refractivity contribution in [2.45, 2.75) is 31.1 Å². The quantitative estimate of drug-likeness (QED) is 0.652. The molecule has 20 heavy (non-hydrogen) atoms. The van der Waals surface area contributed by atoms with Crippen LogP contribution in [0.4, 0.5) is 5.69 Å². The number of hydrogen-bond donors (Lipinski definition) is 2. The molecule has 6 heteroatoms. The molecule has 0 radical (unpaired) electrons. The van der Waals surface area contributed by atoms with Crippen LogP contribution in [-0.4, -0.2) is 33.5 Å². The summed E-state index contributed by atoms with van der Waals surface area (Å²) in [6.07, 6.45) is 4.90. The molecule has 0 heterocycles. The van der Waals surface area contributed by atoms with E-state index in [4.69, 9.17) is 0 Å². The molecule has 0 amide bonds. The molecular weight excluding hydrogens is 292 g/mol. The van der Waals surface area contributed by atoms with Gasteiger partial charge in [-0.3, -0.25) is 0 Å². The Hall–Kier alpha value is -0.720. The van der Waals surface area contributed by atoms with Crippen molar-refractivity contribution in [1.82, 2.24) is 4.72 Å². The van der Waals surface area contributed by atoms with Crippen molar-refractivity contribution >= 4 is 27.5 Å². The summed E-state index contributed by atoms with van der Waals surface area (Å²) in [4.78, 5) is 0.332. The van der Waals surface area contributed by atoms with E-state index in [0.29, 0.717) is 17.1 Å². The standard InChI is InChI=1S/C14H24N2O2S2/c1-3-10-15-13-8-4-5-9-14(13)20(17,18)16-11-6-7-12-19-2/h4-5,8-9,15-16H,3,6-7,10-12H2,1-2H3. The largest absolute Gasteiger partial charge is 0.384 e. The maximum atomic E-state index is 12.3. The second-order valence-corrected chi connectivity index (χ2v) is 7.24. The Kier molecular flexibility index (Phi) is 8.02. The van der Waals surface area contributed by atoms with E-state index in [2.05, 4.69) is 16.3 Å². The van der Waals surface area contributed by atoms with E-state index in [1.807, 2.05) is 13.0 Å². The summed E-state index contributed by atoms with van der Waals surface area (Å²) >= 11 is 1.78. The van der Waals surface area contributed by atoms with Gasteiger partial charge in [-0.2, -0.15) is 11.8 Å². The number of para-hydroxylation sites is 1. The Labute approximate surface area is 126 Å². The Bertz CT molecular complexity index is 490. The van der Waals surface area contributed by atoms with Crippen LogP contribution in [0.3, 0.4) is 0 Å². The van der Waals surface area contributed by atoms with E-state index < -0.39 is 10.0 Å².